The second-order valence-electron chi connectivity index (χ2n) is 6.36. The first-order valence-corrected chi connectivity index (χ1v) is 8.31. The normalized spacial score (nSPS) is 21.7. The lowest BCUT2D eigenvalue weighted by molar-refractivity contribution is -0.133. The van der Waals surface area contributed by atoms with Crippen LogP contribution >= 0.6 is 0 Å². The van der Waals surface area contributed by atoms with Crippen LogP contribution in [0.2, 0.25) is 0 Å². The van der Waals surface area contributed by atoms with Crippen molar-refractivity contribution in [2.75, 3.05) is 13.1 Å². The van der Waals surface area contributed by atoms with Gasteiger partial charge in [0.15, 0.2) is 0 Å². The van der Waals surface area contributed by atoms with Crippen LogP contribution < -0.4 is 5.73 Å². The summed E-state index contributed by atoms with van der Waals surface area (Å²) in [5, 5.41) is 0. The van der Waals surface area contributed by atoms with Crippen LogP contribution in [0.15, 0.2) is 0 Å². The highest BCUT2D eigenvalue weighted by Gasteiger charge is 2.26. The lowest BCUT2D eigenvalue weighted by Gasteiger charge is -2.30. The molecule has 0 spiro atoms. The Balaban J connectivity index is 1.77. The SMILES string of the molecule is NCCN(C(=O)CCC1CCCCC1)C1CCCC1. The average Bonchev–Trinajstić information content (AvgIpc) is 2.97. The molecule has 3 nitrogen and oxygen atoms in total. The minimum absolute atomic E-state index is 0.364. The summed E-state index contributed by atoms with van der Waals surface area (Å²) in [4.78, 5) is 14.5. The molecule has 0 aromatic rings. The zero-order valence-corrected chi connectivity index (χ0v) is 12.3. The average molecular weight is 266 g/mol. The van der Waals surface area contributed by atoms with Crippen molar-refractivity contribution in [3.05, 3.63) is 0 Å². The van der Waals surface area contributed by atoms with Gasteiger partial charge in [0, 0.05) is 25.6 Å². The third-order valence-corrected chi connectivity index (χ3v) is 4.95. The van der Waals surface area contributed by atoms with Gasteiger partial charge in [-0.2, -0.15) is 0 Å². The molecule has 0 bridgehead atoms. The zero-order chi connectivity index (χ0) is 13.5. The minimum Gasteiger partial charge on any atom is -0.338 e. The molecule has 2 saturated carbocycles. The highest BCUT2D eigenvalue weighted by molar-refractivity contribution is 5.76. The Kier molecular flexibility index (Phi) is 6.15. The minimum atomic E-state index is 0.364. The van der Waals surface area contributed by atoms with Crippen LogP contribution in [0.4, 0.5) is 0 Å². The molecule has 1 amide bonds. The number of carbonyl (C=O) groups is 1. The van der Waals surface area contributed by atoms with Crippen LogP contribution in [0.1, 0.15) is 70.6 Å². The van der Waals surface area contributed by atoms with Gasteiger partial charge in [0.25, 0.3) is 0 Å². The second kappa shape index (κ2) is 7.88. The monoisotopic (exact) mass is 266 g/mol. The van der Waals surface area contributed by atoms with E-state index in [-0.39, 0.29) is 0 Å². The number of hydrogen-bond acceptors (Lipinski definition) is 2. The van der Waals surface area contributed by atoms with Gasteiger partial charge >= 0.3 is 0 Å². The van der Waals surface area contributed by atoms with Gasteiger partial charge in [0.05, 0.1) is 0 Å². The van der Waals surface area contributed by atoms with Gasteiger partial charge in [0.2, 0.25) is 5.91 Å². The summed E-state index contributed by atoms with van der Waals surface area (Å²) in [6.45, 7) is 1.36. The molecule has 0 aliphatic heterocycles. The summed E-state index contributed by atoms with van der Waals surface area (Å²) < 4.78 is 0. The van der Waals surface area contributed by atoms with Crippen molar-refractivity contribution in [2.45, 2.75) is 76.7 Å². The molecule has 0 atom stereocenters. The first-order chi connectivity index (χ1) is 9.31. The zero-order valence-electron chi connectivity index (χ0n) is 12.3. The van der Waals surface area contributed by atoms with Crippen LogP contribution in [0.5, 0.6) is 0 Å². The molecular formula is C16H30N2O. The molecule has 0 aromatic heterocycles. The predicted molar refractivity (Wildman–Crippen MR) is 78.8 cm³/mol. The van der Waals surface area contributed by atoms with Crippen LogP contribution in [0, 0.1) is 5.92 Å². The molecule has 0 aromatic carbocycles. The van der Waals surface area contributed by atoms with Gasteiger partial charge in [-0.05, 0) is 25.2 Å². The van der Waals surface area contributed by atoms with E-state index < -0.39 is 0 Å². The van der Waals surface area contributed by atoms with Crippen molar-refractivity contribution < 1.29 is 4.79 Å². The maximum Gasteiger partial charge on any atom is 0.222 e. The summed E-state index contributed by atoms with van der Waals surface area (Å²) in [5.41, 5.74) is 5.68. The van der Waals surface area contributed by atoms with Gasteiger partial charge in [-0.3, -0.25) is 4.79 Å². The highest BCUT2D eigenvalue weighted by atomic mass is 16.2. The van der Waals surface area contributed by atoms with Crippen molar-refractivity contribution in [3.63, 3.8) is 0 Å². The summed E-state index contributed by atoms with van der Waals surface area (Å²) in [6, 6.07) is 0.488. The van der Waals surface area contributed by atoms with Gasteiger partial charge < -0.3 is 10.6 Å². The number of nitrogens with zero attached hydrogens (tertiary/aromatic N) is 1. The molecule has 0 saturated heterocycles. The van der Waals surface area contributed by atoms with Crippen LogP contribution in [-0.2, 0) is 4.79 Å². The molecule has 0 heterocycles. The molecule has 2 fully saturated rings. The lowest BCUT2D eigenvalue weighted by atomic mass is 9.86. The summed E-state index contributed by atoms with van der Waals surface area (Å²) in [5.74, 6) is 1.17. The van der Waals surface area contributed by atoms with E-state index in [0.717, 1.165) is 25.3 Å². The fourth-order valence-electron chi connectivity index (χ4n) is 3.81. The molecule has 19 heavy (non-hydrogen) atoms. The Morgan fingerprint density at radius 2 is 1.63 bits per heavy atom. The van der Waals surface area contributed by atoms with Gasteiger partial charge in [0.1, 0.15) is 0 Å². The molecule has 2 aliphatic rings. The number of amides is 1. The Labute approximate surface area is 117 Å². The maximum atomic E-state index is 12.4. The number of carbonyl (C=O) groups excluding carboxylic acids is 1. The molecule has 2 rings (SSSR count). The van der Waals surface area contributed by atoms with Crippen molar-refractivity contribution >= 4 is 5.91 Å². The van der Waals surface area contributed by atoms with Crippen LogP contribution in [0.3, 0.4) is 0 Å². The quantitative estimate of drug-likeness (QED) is 0.803. The van der Waals surface area contributed by atoms with E-state index in [9.17, 15) is 4.79 Å². The van der Waals surface area contributed by atoms with Crippen molar-refractivity contribution in [1.82, 2.24) is 4.90 Å². The molecule has 0 unspecified atom stereocenters. The van der Waals surface area contributed by atoms with E-state index >= 15 is 0 Å². The Morgan fingerprint density at radius 1 is 1.00 bits per heavy atom. The standard InChI is InChI=1S/C16H30N2O/c17-12-13-18(15-8-4-5-9-15)16(19)11-10-14-6-2-1-3-7-14/h14-15H,1-13,17H2. The van der Waals surface area contributed by atoms with Crippen molar-refractivity contribution in [1.29, 1.82) is 0 Å². The fraction of sp³-hybridized carbons (Fsp3) is 0.938. The largest absolute Gasteiger partial charge is 0.338 e. The molecule has 3 heteroatoms. The smallest absolute Gasteiger partial charge is 0.222 e. The van der Waals surface area contributed by atoms with E-state index in [1.165, 1.54) is 57.8 Å². The van der Waals surface area contributed by atoms with Gasteiger partial charge in [-0.25, -0.2) is 0 Å². The molecule has 2 N–H and O–H groups in total. The third-order valence-electron chi connectivity index (χ3n) is 4.95. The second-order valence-corrected chi connectivity index (χ2v) is 6.36. The highest BCUT2D eigenvalue weighted by Crippen LogP contribution is 2.28. The topological polar surface area (TPSA) is 46.3 Å². The number of nitrogens with two attached hydrogens (primary N) is 1. The van der Waals surface area contributed by atoms with Gasteiger partial charge in [-0.15, -0.1) is 0 Å². The van der Waals surface area contributed by atoms with Crippen molar-refractivity contribution in [3.8, 4) is 0 Å². The molecular weight excluding hydrogens is 236 g/mol. The van der Waals surface area contributed by atoms with Crippen LogP contribution in [0.25, 0.3) is 0 Å². The summed E-state index contributed by atoms with van der Waals surface area (Å²) in [7, 11) is 0. The lowest BCUT2D eigenvalue weighted by Crippen LogP contribution is -2.42. The summed E-state index contributed by atoms with van der Waals surface area (Å²) in [6.07, 6.45) is 13.6. The fourth-order valence-corrected chi connectivity index (χ4v) is 3.81. The van der Waals surface area contributed by atoms with Crippen LogP contribution in [-0.4, -0.2) is 29.9 Å². The van der Waals surface area contributed by atoms with E-state index in [1.54, 1.807) is 0 Å². The van der Waals surface area contributed by atoms with E-state index in [2.05, 4.69) is 4.90 Å². The third kappa shape index (κ3) is 4.48. The summed E-state index contributed by atoms with van der Waals surface area (Å²) >= 11 is 0. The Hall–Kier alpha value is -0.570. The number of hydrogen-bond donors (Lipinski definition) is 1. The van der Waals surface area contributed by atoms with Gasteiger partial charge in [-0.1, -0.05) is 44.9 Å². The first-order valence-electron chi connectivity index (χ1n) is 8.31. The van der Waals surface area contributed by atoms with E-state index in [0.29, 0.717) is 18.5 Å². The Morgan fingerprint density at radius 3 is 2.26 bits per heavy atom. The maximum absolute atomic E-state index is 12.4. The molecule has 2 aliphatic carbocycles. The molecule has 110 valence electrons. The predicted octanol–water partition coefficient (Wildman–Crippen LogP) is 3.08. The van der Waals surface area contributed by atoms with Crippen molar-refractivity contribution in [2.24, 2.45) is 11.7 Å². The van der Waals surface area contributed by atoms with E-state index in [4.69, 9.17) is 5.73 Å². The van der Waals surface area contributed by atoms with E-state index in [1.807, 2.05) is 0 Å². The first kappa shape index (κ1) is 14.8. The molecule has 0 radical (unpaired) electrons. The number of rotatable bonds is 6. The Bertz CT molecular complexity index is 268.